The Morgan fingerprint density at radius 1 is 1.13 bits per heavy atom. The van der Waals surface area contributed by atoms with E-state index >= 15 is 0 Å². The Hall–Kier alpha value is -2.62. The van der Waals surface area contributed by atoms with E-state index in [-0.39, 0.29) is 5.97 Å². The van der Waals surface area contributed by atoms with Crippen molar-refractivity contribution in [3.8, 4) is 0 Å². The Morgan fingerprint density at radius 2 is 1.87 bits per heavy atom. The maximum atomic E-state index is 11.2. The van der Waals surface area contributed by atoms with Crippen molar-refractivity contribution in [3.63, 3.8) is 0 Å². The van der Waals surface area contributed by atoms with E-state index in [0.29, 0.717) is 6.42 Å². The molecule has 2 aromatic carbocycles. The Bertz CT molecular complexity index is 718. The Labute approximate surface area is 135 Å². The fourth-order valence-electron chi connectivity index (χ4n) is 2.36. The maximum absolute atomic E-state index is 11.2. The lowest BCUT2D eigenvalue weighted by molar-refractivity contribution is -0.144. The molecule has 120 valence electrons. The number of methoxy groups -OCH3 is 1. The molecule has 0 aliphatic carbocycles. The van der Waals surface area contributed by atoms with Crippen molar-refractivity contribution in [2.45, 2.75) is 25.9 Å². The van der Waals surface area contributed by atoms with E-state index < -0.39 is 12.1 Å². The molecule has 2 rings (SSSR count). The summed E-state index contributed by atoms with van der Waals surface area (Å²) in [6, 6.07) is 14.4. The minimum Gasteiger partial charge on any atom is -0.466 e. The van der Waals surface area contributed by atoms with Gasteiger partial charge in [-0.2, -0.15) is 0 Å². The zero-order chi connectivity index (χ0) is 16.7. The third-order valence-electron chi connectivity index (χ3n) is 3.50. The summed E-state index contributed by atoms with van der Waals surface area (Å²) < 4.78 is 9.77. The minimum atomic E-state index is -0.465. The van der Waals surface area contributed by atoms with Gasteiger partial charge in [0.05, 0.1) is 7.11 Å². The van der Waals surface area contributed by atoms with Gasteiger partial charge in [0, 0.05) is 13.0 Å². The van der Waals surface area contributed by atoms with Crippen LogP contribution in [0.4, 0.5) is 0 Å². The smallest absolute Gasteiger partial charge is 0.330 e. The minimum absolute atomic E-state index is 0.372. The van der Waals surface area contributed by atoms with Crippen LogP contribution in [0.3, 0.4) is 0 Å². The largest absolute Gasteiger partial charge is 0.466 e. The van der Waals surface area contributed by atoms with Crippen LogP contribution in [-0.4, -0.2) is 25.2 Å². The van der Waals surface area contributed by atoms with Gasteiger partial charge in [-0.25, -0.2) is 4.79 Å². The van der Waals surface area contributed by atoms with Crippen LogP contribution in [0.15, 0.2) is 54.6 Å². The molecule has 0 fully saturated rings. The molecule has 0 aliphatic heterocycles. The lowest BCUT2D eigenvalue weighted by Crippen LogP contribution is -2.15. The van der Waals surface area contributed by atoms with Crippen LogP contribution < -0.4 is 0 Å². The molecule has 4 heteroatoms. The molecule has 0 aliphatic rings. The molecule has 4 nitrogen and oxygen atoms in total. The average Bonchev–Trinajstić information content (AvgIpc) is 2.56. The predicted molar refractivity (Wildman–Crippen MR) is 89.0 cm³/mol. The van der Waals surface area contributed by atoms with Crippen LogP contribution in [0.25, 0.3) is 10.8 Å². The molecule has 0 saturated carbocycles. The molecule has 1 atom stereocenters. The van der Waals surface area contributed by atoms with Crippen molar-refractivity contribution in [1.29, 1.82) is 0 Å². The summed E-state index contributed by atoms with van der Waals surface area (Å²) in [5, 5.41) is 2.37. The monoisotopic (exact) mass is 312 g/mol. The molecule has 0 saturated heterocycles. The SMILES string of the molecule is COC(=O)C=CC(CCc1ccc2ccccc2c1)OC(C)=O. The molecule has 1 unspecified atom stereocenters. The number of rotatable bonds is 6. The zero-order valence-corrected chi connectivity index (χ0v) is 13.3. The van der Waals surface area contributed by atoms with Gasteiger partial charge in [0.15, 0.2) is 0 Å². The van der Waals surface area contributed by atoms with E-state index in [9.17, 15) is 9.59 Å². The topological polar surface area (TPSA) is 52.6 Å². The van der Waals surface area contributed by atoms with E-state index in [2.05, 4.69) is 35.1 Å². The lowest BCUT2D eigenvalue weighted by atomic mass is 10.0. The van der Waals surface area contributed by atoms with Gasteiger partial charge < -0.3 is 9.47 Å². The highest BCUT2D eigenvalue weighted by molar-refractivity contribution is 5.83. The first-order valence-electron chi connectivity index (χ1n) is 7.49. The van der Waals surface area contributed by atoms with Gasteiger partial charge in [-0.1, -0.05) is 42.5 Å². The van der Waals surface area contributed by atoms with Crippen LogP contribution in [0, 0.1) is 0 Å². The number of hydrogen-bond acceptors (Lipinski definition) is 4. The molecule has 0 aromatic heterocycles. The molecule has 0 radical (unpaired) electrons. The number of carbonyl (C=O) groups excluding carboxylic acids is 2. The number of hydrogen-bond donors (Lipinski definition) is 0. The molecule has 0 heterocycles. The molecule has 2 aromatic rings. The second kappa shape index (κ2) is 8.13. The lowest BCUT2D eigenvalue weighted by Gasteiger charge is -2.13. The van der Waals surface area contributed by atoms with E-state index in [1.54, 1.807) is 6.08 Å². The second-order valence-electron chi connectivity index (χ2n) is 5.25. The quantitative estimate of drug-likeness (QED) is 0.606. The van der Waals surface area contributed by atoms with Gasteiger partial charge >= 0.3 is 11.9 Å². The van der Waals surface area contributed by atoms with Crippen molar-refractivity contribution in [2.75, 3.05) is 7.11 Å². The van der Waals surface area contributed by atoms with Gasteiger partial charge in [0.1, 0.15) is 6.10 Å². The van der Waals surface area contributed by atoms with Crippen molar-refractivity contribution in [1.82, 2.24) is 0 Å². The van der Waals surface area contributed by atoms with Gasteiger partial charge in [-0.3, -0.25) is 4.79 Å². The molecular formula is C19H20O4. The van der Waals surface area contributed by atoms with E-state index in [0.717, 1.165) is 12.0 Å². The van der Waals surface area contributed by atoms with Crippen molar-refractivity contribution < 1.29 is 19.1 Å². The number of aryl methyl sites for hydroxylation is 1. The Balaban J connectivity index is 2.04. The first-order chi connectivity index (χ1) is 11.1. The highest BCUT2D eigenvalue weighted by Gasteiger charge is 2.10. The third-order valence-corrected chi connectivity index (χ3v) is 3.50. The normalized spacial score (nSPS) is 12.3. The Morgan fingerprint density at radius 3 is 2.57 bits per heavy atom. The first kappa shape index (κ1) is 16.7. The number of ether oxygens (including phenoxy) is 2. The van der Waals surface area contributed by atoms with Crippen molar-refractivity contribution in [2.24, 2.45) is 0 Å². The van der Waals surface area contributed by atoms with Crippen molar-refractivity contribution in [3.05, 3.63) is 60.2 Å². The van der Waals surface area contributed by atoms with E-state index in [4.69, 9.17) is 4.74 Å². The molecule has 0 bridgehead atoms. The molecule has 0 spiro atoms. The summed E-state index contributed by atoms with van der Waals surface area (Å²) in [5.74, 6) is -0.837. The van der Waals surface area contributed by atoms with Crippen molar-refractivity contribution >= 4 is 22.7 Å². The third kappa shape index (κ3) is 5.25. The summed E-state index contributed by atoms with van der Waals surface area (Å²) in [5.41, 5.74) is 1.16. The number of carbonyl (C=O) groups is 2. The summed E-state index contributed by atoms with van der Waals surface area (Å²) in [6.45, 7) is 1.36. The highest BCUT2D eigenvalue weighted by atomic mass is 16.5. The fourth-order valence-corrected chi connectivity index (χ4v) is 2.36. The van der Waals surface area contributed by atoms with Crippen LogP contribution in [0.2, 0.25) is 0 Å². The van der Waals surface area contributed by atoms with Gasteiger partial charge in [0.2, 0.25) is 0 Å². The standard InChI is InChI=1S/C19H20O4/c1-14(20)23-18(11-12-19(21)22-2)10-8-15-7-9-16-5-3-4-6-17(16)13-15/h3-7,9,11-13,18H,8,10H2,1-2H3. The van der Waals surface area contributed by atoms with Gasteiger partial charge in [0.25, 0.3) is 0 Å². The van der Waals surface area contributed by atoms with Crippen LogP contribution in [-0.2, 0) is 25.5 Å². The molecule has 0 N–H and O–H groups in total. The van der Waals surface area contributed by atoms with Crippen LogP contribution >= 0.6 is 0 Å². The fraction of sp³-hybridized carbons (Fsp3) is 0.263. The first-order valence-corrected chi connectivity index (χ1v) is 7.49. The average molecular weight is 312 g/mol. The predicted octanol–water partition coefficient (Wildman–Crippen LogP) is 3.43. The molecule has 0 amide bonds. The maximum Gasteiger partial charge on any atom is 0.330 e. The Kier molecular flexibility index (Phi) is 5.92. The summed E-state index contributed by atoms with van der Waals surface area (Å²) in [4.78, 5) is 22.4. The highest BCUT2D eigenvalue weighted by Crippen LogP contribution is 2.17. The zero-order valence-electron chi connectivity index (χ0n) is 13.3. The van der Waals surface area contributed by atoms with E-state index in [1.807, 2.05) is 12.1 Å². The van der Waals surface area contributed by atoms with Gasteiger partial charge in [-0.05, 0) is 35.3 Å². The summed E-state index contributed by atoms with van der Waals surface area (Å²) in [7, 11) is 1.31. The summed E-state index contributed by atoms with van der Waals surface area (Å²) >= 11 is 0. The number of esters is 2. The summed E-state index contributed by atoms with van der Waals surface area (Å²) in [6.07, 6.45) is 3.75. The molecule has 23 heavy (non-hydrogen) atoms. The second-order valence-corrected chi connectivity index (χ2v) is 5.25. The van der Waals surface area contributed by atoms with E-state index in [1.165, 1.54) is 30.9 Å². The van der Waals surface area contributed by atoms with Crippen LogP contribution in [0.5, 0.6) is 0 Å². The number of benzene rings is 2. The van der Waals surface area contributed by atoms with Crippen LogP contribution in [0.1, 0.15) is 18.9 Å². The molecular weight excluding hydrogens is 292 g/mol. The van der Waals surface area contributed by atoms with Gasteiger partial charge in [-0.15, -0.1) is 0 Å². The number of fused-ring (bicyclic) bond motifs is 1.